The third kappa shape index (κ3) is 1.50. The molecule has 1 aromatic heterocycles. The topological polar surface area (TPSA) is 25.2 Å². The molecule has 1 aromatic carbocycles. The van der Waals surface area contributed by atoms with E-state index < -0.39 is 0 Å². The molecule has 15 heavy (non-hydrogen) atoms. The first-order valence-corrected chi connectivity index (χ1v) is 4.89. The van der Waals surface area contributed by atoms with Crippen LogP contribution in [0.25, 0.3) is 10.9 Å². The Kier molecular flexibility index (Phi) is 2.23. The van der Waals surface area contributed by atoms with Gasteiger partial charge in [-0.2, -0.15) is 0 Å². The third-order valence-corrected chi connectivity index (χ3v) is 2.50. The maximum Gasteiger partial charge on any atom is 0.328 e. The minimum atomic E-state index is -0.0145. The fraction of sp³-hybridized carbons (Fsp3) is 0.250. The Morgan fingerprint density at radius 2 is 1.93 bits per heavy atom. The summed E-state index contributed by atoms with van der Waals surface area (Å²) in [6.45, 7) is 2.02. The Hall–Kier alpha value is -1.77. The summed E-state index contributed by atoms with van der Waals surface area (Å²) in [6.07, 6.45) is 1.88. The van der Waals surface area contributed by atoms with Crippen molar-refractivity contribution in [2.24, 2.45) is 0 Å². The van der Waals surface area contributed by atoms with E-state index in [-0.39, 0.29) is 6.03 Å². The summed E-state index contributed by atoms with van der Waals surface area (Å²) in [5, 5.41) is 1.13. The molecule has 2 aromatic rings. The van der Waals surface area contributed by atoms with Crippen LogP contribution in [-0.4, -0.2) is 29.6 Å². The van der Waals surface area contributed by atoms with Gasteiger partial charge in [0.05, 0.1) is 5.52 Å². The molecule has 1 heterocycles. The van der Waals surface area contributed by atoms with Crippen LogP contribution >= 0.6 is 0 Å². The van der Waals surface area contributed by atoms with Crippen LogP contribution in [0.2, 0.25) is 0 Å². The molecule has 1 amide bonds. The smallest absolute Gasteiger partial charge is 0.328 e. The first-order valence-electron chi connectivity index (χ1n) is 4.89. The van der Waals surface area contributed by atoms with E-state index in [2.05, 4.69) is 0 Å². The zero-order valence-corrected chi connectivity index (χ0v) is 9.19. The molecule has 3 heteroatoms. The average Bonchev–Trinajstić information content (AvgIpc) is 2.56. The van der Waals surface area contributed by atoms with E-state index in [1.807, 2.05) is 37.4 Å². The number of rotatable bonds is 0. The lowest BCUT2D eigenvalue weighted by Gasteiger charge is -2.11. The van der Waals surface area contributed by atoms with Crippen LogP contribution in [0.3, 0.4) is 0 Å². The van der Waals surface area contributed by atoms with Crippen molar-refractivity contribution in [2.45, 2.75) is 6.92 Å². The van der Waals surface area contributed by atoms with Crippen LogP contribution in [0.4, 0.5) is 4.79 Å². The molecule has 0 aliphatic carbocycles. The van der Waals surface area contributed by atoms with Crippen molar-refractivity contribution < 1.29 is 4.79 Å². The second-order valence-electron chi connectivity index (χ2n) is 3.88. The average molecular weight is 202 g/mol. The van der Waals surface area contributed by atoms with Crippen LogP contribution in [0.5, 0.6) is 0 Å². The SMILES string of the molecule is Cc1cn(C(=O)N(C)C)c2ccccc12. The molecule has 3 nitrogen and oxygen atoms in total. The molecule has 2 rings (SSSR count). The van der Waals surface area contributed by atoms with Crippen molar-refractivity contribution in [2.75, 3.05) is 14.1 Å². The highest BCUT2D eigenvalue weighted by Gasteiger charge is 2.11. The number of hydrogen-bond acceptors (Lipinski definition) is 1. The number of carbonyl (C=O) groups is 1. The molecule has 0 aliphatic heterocycles. The lowest BCUT2D eigenvalue weighted by atomic mass is 10.2. The van der Waals surface area contributed by atoms with Gasteiger partial charge in [0.2, 0.25) is 0 Å². The molecule has 0 unspecified atom stereocenters. The van der Waals surface area contributed by atoms with Gasteiger partial charge >= 0.3 is 6.03 Å². The number of nitrogens with zero attached hydrogens (tertiary/aromatic N) is 2. The van der Waals surface area contributed by atoms with E-state index >= 15 is 0 Å². The van der Waals surface area contributed by atoms with Crippen molar-refractivity contribution in [1.29, 1.82) is 0 Å². The monoisotopic (exact) mass is 202 g/mol. The Bertz CT molecular complexity index is 511. The number of aryl methyl sites for hydroxylation is 1. The van der Waals surface area contributed by atoms with Crippen molar-refractivity contribution in [3.8, 4) is 0 Å². The first kappa shape index (κ1) is 9.77. The second-order valence-corrected chi connectivity index (χ2v) is 3.88. The van der Waals surface area contributed by atoms with E-state index in [1.54, 1.807) is 23.6 Å². The molecular weight excluding hydrogens is 188 g/mol. The predicted octanol–water partition coefficient (Wildman–Crippen LogP) is 2.48. The summed E-state index contributed by atoms with van der Waals surface area (Å²) >= 11 is 0. The van der Waals surface area contributed by atoms with Crippen LogP contribution in [-0.2, 0) is 0 Å². The van der Waals surface area contributed by atoms with Gasteiger partial charge < -0.3 is 4.90 Å². The zero-order valence-electron chi connectivity index (χ0n) is 9.19. The van der Waals surface area contributed by atoms with Crippen LogP contribution in [0.15, 0.2) is 30.5 Å². The maximum absolute atomic E-state index is 11.9. The van der Waals surface area contributed by atoms with Crippen LogP contribution < -0.4 is 0 Å². The van der Waals surface area contributed by atoms with Crippen molar-refractivity contribution in [1.82, 2.24) is 9.47 Å². The number of aromatic nitrogens is 1. The molecule has 0 bridgehead atoms. The number of benzene rings is 1. The zero-order chi connectivity index (χ0) is 11.0. The summed E-state index contributed by atoms with van der Waals surface area (Å²) < 4.78 is 1.69. The molecule has 0 aliphatic rings. The molecule has 0 N–H and O–H groups in total. The highest BCUT2D eigenvalue weighted by molar-refractivity contribution is 5.93. The minimum Gasteiger partial charge on any atom is -0.330 e. The minimum absolute atomic E-state index is 0.0145. The fourth-order valence-corrected chi connectivity index (χ4v) is 1.72. The molecule has 0 spiro atoms. The molecule has 0 radical (unpaired) electrons. The van der Waals surface area contributed by atoms with Crippen LogP contribution in [0, 0.1) is 6.92 Å². The van der Waals surface area contributed by atoms with E-state index in [9.17, 15) is 4.79 Å². The maximum atomic E-state index is 11.9. The van der Waals surface area contributed by atoms with Gasteiger partial charge in [0.25, 0.3) is 0 Å². The number of carbonyl (C=O) groups excluding carboxylic acids is 1. The standard InChI is InChI=1S/C12H14N2O/c1-9-8-14(12(15)13(2)3)11-7-5-4-6-10(9)11/h4-8H,1-3H3. The Morgan fingerprint density at radius 3 is 2.60 bits per heavy atom. The quantitative estimate of drug-likeness (QED) is 0.644. The molecular formula is C12H14N2O. The Labute approximate surface area is 88.9 Å². The lowest BCUT2D eigenvalue weighted by molar-refractivity contribution is 0.220. The van der Waals surface area contributed by atoms with Gasteiger partial charge in [-0.05, 0) is 18.6 Å². The molecule has 0 saturated carbocycles. The lowest BCUT2D eigenvalue weighted by Crippen LogP contribution is -2.26. The van der Waals surface area contributed by atoms with Gasteiger partial charge in [0.15, 0.2) is 0 Å². The van der Waals surface area contributed by atoms with Crippen LogP contribution in [0.1, 0.15) is 5.56 Å². The van der Waals surface area contributed by atoms with Gasteiger partial charge in [0.1, 0.15) is 0 Å². The van der Waals surface area contributed by atoms with E-state index in [0.29, 0.717) is 0 Å². The molecule has 0 saturated heterocycles. The van der Waals surface area contributed by atoms with Gasteiger partial charge in [-0.1, -0.05) is 18.2 Å². The first-order chi connectivity index (χ1) is 7.11. The Balaban J connectivity index is 2.67. The third-order valence-electron chi connectivity index (χ3n) is 2.50. The summed E-state index contributed by atoms with van der Waals surface area (Å²) in [6, 6.07) is 7.91. The predicted molar refractivity (Wildman–Crippen MR) is 61.2 cm³/mol. The Morgan fingerprint density at radius 1 is 1.27 bits per heavy atom. The van der Waals surface area contributed by atoms with Gasteiger partial charge in [-0.15, -0.1) is 0 Å². The van der Waals surface area contributed by atoms with Crippen molar-refractivity contribution in [3.63, 3.8) is 0 Å². The van der Waals surface area contributed by atoms with Gasteiger partial charge in [0, 0.05) is 25.7 Å². The summed E-state index contributed by atoms with van der Waals surface area (Å²) in [5.74, 6) is 0. The molecule has 0 atom stereocenters. The number of para-hydroxylation sites is 1. The van der Waals surface area contributed by atoms with E-state index in [4.69, 9.17) is 0 Å². The number of amides is 1. The van der Waals surface area contributed by atoms with Crippen molar-refractivity contribution in [3.05, 3.63) is 36.0 Å². The summed E-state index contributed by atoms with van der Waals surface area (Å²) in [4.78, 5) is 13.4. The van der Waals surface area contributed by atoms with E-state index in [1.165, 1.54) is 0 Å². The second kappa shape index (κ2) is 3.42. The molecule has 0 fully saturated rings. The normalized spacial score (nSPS) is 10.6. The summed E-state index contributed by atoms with van der Waals surface area (Å²) in [5.41, 5.74) is 2.09. The fourth-order valence-electron chi connectivity index (χ4n) is 1.72. The van der Waals surface area contributed by atoms with Gasteiger partial charge in [-0.25, -0.2) is 4.79 Å². The largest absolute Gasteiger partial charge is 0.330 e. The number of fused-ring (bicyclic) bond motifs is 1. The van der Waals surface area contributed by atoms with Crippen molar-refractivity contribution >= 4 is 16.9 Å². The molecule has 78 valence electrons. The summed E-state index contributed by atoms with van der Waals surface area (Å²) in [7, 11) is 3.51. The number of hydrogen-bond donors (Lipinski definition) is 0. The highest BCUT2D eigenvalue weighted by Crippen LogP contribution is 2.20. The highest BCUT2D eigenvalue weighted by atomic mass is 16.2. The van der Waals surface area contributed by atoms with E-state index in [0.717, 1.165) is 16.5 Å². The van der Waals surface area contributed by atoms with Gasteiger partial charge in [-0.3, -0.25) is 4.57 Å².